The van der Waals surface area contributed by atoms with Crippen molar-refractivity contribution in [1.29, 1.82) is 0 Å². The van der Waals surface area contributed by atoms with Gasteiger partial charge in [-0.3, -0.25) is 9.59 Å². The van der Waals surface area contributed by atoms with Gasteiger partial charge in [0.1, 0.15) is 17.6 Å². The quantitative estimate of drug-likeness (QED) is 0.519. The van der Waals surface area contributed by atoms with Gasteiger partial charge in [0.25, 0.3) is 0 Å². The number of carbonyl (C=O) groups excluding carboxylic acids is 2. The molecule has 1 aromatic heterocycles. The zero-order valence-electron chi connectivity index (χ0n) is 19.3. The van der Waals surface area contributed by atoms with E-state index in [1.54, 1.807) is 18.1 Å². The molecule has 2 atom stereocenters. The largest absolute Gasteiger partial charge is 0.497 e. The molecule has 0 radical (unpaired) electrons. The summed E-state index contributed by atoms with van der Waals surface area (Å²) in [5, 5.41) is 7.65. The van der Waals surface area contributed by atoms with Gasteiger partial charge in [0, 0.05) is 17.6 Å². The van der Waals surface area contributed by atoms with Crippen molar-refractivity contribution < 1.29 is 18.8 Å². The Hall–Kier alpha value is -3.32. The Morgan fingerprint density at radius 3 is 2.59 bits per heavy atom. The summed E-state index contributed by atoms with van der Waals surface area (Å²) in [6.45, 7) is 2.36. The summed E-state index contributed by atoms with van der Waals surface area (Å²) in [6.07, 6.45) is 2.10. The molecule has 2 amide bonds. The molecule has 4 rings (SSSR count). The van der Waals surface area contributed by atoms with Crippen molar-refractivity contribution in [2.24, 2.45) is 0 Å². The van der Waals surface area contributed by atoms with Gasteiger partial charge in [-0.2, -0.15) is 0 Å². The second-order valence-electron chi connectivity index (χ2n) is 8.52. The molecule has 1 aliphatic rings. The molecular weight excluding hydrogens is 454 g/mol. The Morgan fingerprint density at radius 2 is 1.94 bits per heavy atom. The first-order chi connectivity index (χ1) is 16.4. The molecule has 34 heavy (non-hydrogen) atoms. The normalized spacial score (nSPS) is 16.3. The van der Waals surface area contributed by atoms with E-state index >= 15 is 0 Å². The zero-order chi connectivity index (χ0) is 24.1. The minimum atomic E-state index is -0.512. The monoisotopic (exact) mass is 481 g/mol. The van der Waals surface area contributed by atoms with Gasteiger partial charge in [-0.25, -0.2) is 0 Å². The van der Waals surface area contributed by atoms with Crippen LogP contribution in [0, 0.1) is 6.92 Å². The molecule has 2 unspecified atom stereocenters. The van der Waals surface area contributed by atoms with Gasteiger partial charge in [0.15, 0.2) is 0 Å². The molecule has 2 aromatic carbocycles. The van der Waals surface area contributed by atoms with E-state index in [0.29, 0.717) is 30.2 Å². The van der Waals surface area contributed by atoms with E-state index in [-0.39, 0.29) is 24.3 Å². The molecule has 0 aliphatic carbocycles. The minimum Gasteiger partial charge on any atom is -0.497 e. The Morgan fingerprint density at radius 1 is 1.21 bits per heavy atom. The first-order valence-corrected chi connectivity index (χ1v) is 11.7. The van der Waals surface area contributed by atoms with Gasteiger partial charge in [-0.15, -0.1) is 0 Å². The number of ether oxygens (including phenoxy) is 1. The van der Waals surface area contributed by atoms with Crippen LogP contribution in [0.1, 0.15) is 41.5 Å². The van der Waals surface area contributed by atoms with Crippen LogP contribution in [0.3, 0.4) is 0 Å². The summed E-state index contributed by atoms with van der Waals surface area (Å²) in [5.41, 5.74) is 2.73. The third-order valence-corrected chi connectivity index (χ3v) is 6.32. The Labute approximate surface area is 204 Å². The molecule has 8 heteroatoms. The van der Waals surface area contributed by atoms with E-state index in [0.717, 1.165) is 29.0 Å². The summed E-state index contributed by atoms with van der Waals surface area (Å²) in [7, 11) is 1.63. The van der Waals surface area contributed by atoms with Crippen molar-refractivity contribution in [3.05, 3.63) is 82.2 Å². The average molecular weight is 482 g/mol. The molecule has 1 aliphatic heterocycles. The molecule has 0 spiro atoms. The summed E-state index contributed by atoms with van der Waals surface area (Å²) >= 11 is 6.08. The number of halogens is 1. The van der Waals surface area contributed by atoms with E-state index in [1.807, 2.05) is 55.5 Å². The summed E-state index contributed by atoms with van der Waals surface area (Å²) < 4.78 is 10.4. The first-order valence-electron chi connectivity index (χ1n) is 11.3. The fourth-order valence-corrected chi connectivity index (χ4v) is 4.43. The van der Waals surface area contributed by atoms with Crippen LogP contribution >= 0.6 is 11.6 Å². The molecule has 1 N–H and O–H groups in total. The first kappa shape index (κ1) is 23.8. The Kier molecular flexibility index (Phi) is 7.53. The number of amides is 2. The number of aryl methyl sites for hydroxylation is 1. The SMILES string of the molecule is COc1ccc(CC(NC(=O)C2CCCN2C(=O)Cc2cc(C)no2)c2ccc(Cl)cc2)cc1. The van der Waals surface area contributed by atoms with Crippen LogP contribution in [0.4, 0.5) is 0 Å². The molecular formula is C26H28ClN3O4. The van der Waals surface area contributed by atoms with Gasteiger partial charge in [-0.1, -0.05) is 41.0 Å². The van der Waals surface area contributed by atoms with Crippen molar-refractivity contribution in [2.45, 2.75) is 44.7 Å². The maximum Gasteiger partial charge on any atom is 0.243 e. The van der Waals surface area contributed by atoms with E-state index in [1.165, 1.54) is 0 Å². The second-order valence-corrected chi connectivity index (χ2v) is 8.96. The van der Waals surface area contributed by atoms with Crippen molar-refractivity contribution in [1.82, 2.24) is 15.4 Å². The number of likely N-dealkylation sites (tertiary alicyclic amines) is 1. The lowest BCUT2D eigenvalue weighted by Gasteiger charge is -2.27. The van der Waals surface area contributed by atoms with Crippen molar-refractivity contribution >= 4 is 23.4 Å². The highest BCUT2D eigenvalue weighted by Gasteiger charge is 2.35. The number of hydrogen-bond donors (Lipinski definition) is 1. The van der Waals surface area contributed by atoms with Crippen LogP contribution < -0.4 is 10.1 Å². The highest BCUT2D eigenvalue weighted by molar-refractivity contribution is 6.30. The predicted molar refractivity (Wildman–Crippen MR) is 129 cm³/mol. The molecule has 7 nitrogen and oxygen atoms in total. The van der Waals surface area contributed by atoms with Gasteiger partial charge in [0.2, 0.25) is 11.8 Å². The Balaban J connectivity index is 1.49. The lowest BCUT2D eigenvalue weighted by molar-refractivity contribution is -0.138. The zero-order valence-corrected chi connectivity index (χ0v) is 20.0. The van der Waals surface area contributed by atoms with Crippen LogP contribution in [0.2, 0.25) is 5.02 Å². The number of rotatable bonds is 8. The fraction of sp³-hybridized carbons (Fsp3) is 0.346. The highest BCUT2D eigenvalue weighted by atomic mass is 35.5. The van der Waals surface area contributed by atoms with Gasteiger partial charge < -0.3 is 19.5 Å². The van der Waals surface area contributed by atoms with Gasteiger partial charge in [0.05, 0.1) is 25.3 Å². The van der Waals surface area contributed by atoms with Crippen LogP contribution in [0.5, 0.6) is 5.75 Å². The molecule has 0 saturated carbocycles. The minimum absolute atomic E-state index is 0.0943. The second kappa shape index (κ2) is 10.7. The number of hydrogen-bond acceptors (Lipinski definition) is 5. The van der Waals surface area contributed by atoms with Crippen molar-refractivity contribution in [3.8, 4) is 5.75 Å². The predicted octanol–water partition coefficient (Wildman–Crippen LogP) is 4.28. The third-order valence-electron chi connectivity index (χ3n) is 6.07. The summed E-state index contributed by atoms with van der Waals surface area (Å²) in [5.74, 6) is 0.991. The highest BCUT2D eigenvalue weighted by Crippen LogP contribution is 2.25. The molecule has 3 aromatic rings. The van der Waals surface area contributed by atoms with Crippen molar-refractivity contribution in [2.75, 3.05) is 13.7 Å². The van der Waals surface area contributed by atoms with Crippen LogP contribution in [-0.4, -0.2) is 41.6 Å². The number of benzene rings is 2. The fourth-order valence-electron chi connectivity index (χ4n) is 4.30. The molecule has 0 bridgehead atoms. The smallest absolute Gasteiger partial charge is 0.243 e. The van der Waals surface area contributed by atoms with Crippen LogP contribution in [0.25, 0.3) is 0 Å². The Bertz CT molecular complexity index is 1130. The van der Waals surface area contributed by atoms with E-state index in [4.69, 9.17) is 20.9 Å². The van der Waals surface area contributed by atoms with Gasteiger partial charge in [-0.05, 0) is 61.6 Å². The number of carbonyl (C=O) groups is 2. The lowest BCUT2D eigenvalue weighted by atomic mass is 9.98. The standard InChI is InChI=1S/C26H28ClN3O4/c1-17-14-22(34-29-17)16-25(31)30-13-3-4-24(30)26(32)28-23(19-7-9-20(27)10-8-19)15-18-5-11-21(33-2)12-6-18/h5-12,14,23-24H,3-4,13,15-16H2,1-2H3,(H,28,32). The number of methoxy groups -OCH3 is 1. The maximum atomic E-state index is 13.4. The lowest BCUT2D eigenvalue weighted by Crippen LogP contribution is -2.47. The molecule has 2 heterocycles. The number of aromatic nitrogens is 1. The van der Waals surface area contributed by atoms with E-state index in [2.05, 4.69) is 10.5 Å². The van der Waals surface area contributed by atoms with Gasteiger partial charge >= 0.3 is 0 Å². The summed E-state index contributed by atoms with van der Waals surface area (Å²) in [4.78, 5) is 27.9. The number of nitrogens with one attached hydrogen (secondary N) is 1. The molecule has 1 fully saturated rings. The van der Waals surface area contributed by atoms with E-state index in [9.17, 15) is 9.59 Å². The topological polar surface area (TPSA) is 84.7 Å². The van der Waals surface area contributed by atoms with Crippen LogP contribution in [0.15, 0.2) is 59.1 Å². The average Bonchev–Trinajstić information content (AvgIpc) is 3.49. The summed E-state index contributed by atoms with van der Waals surface area (Å²) in [6, 6.07) is 16.2. The van der Waals surface area contributed by atoms with Crippen molar-refractivity contribution in [3.63, 3.8) is 0 Å². The van der Waals surface area contributed by atoms with Crippen LogP contribution in [-0.2, 0) is 22.4 Å². The van der Waals surface area contributed by atoms with E-state index < -0.39 is 6.04 Å². The third kappa shape index (κ3) is 5.78. The maximum absolute atomic E-state index is 13.4. The molecule has 1 saturated heterocycles. The molecule has 178 valence electrons. The number of nitrogens with zero attached hydrogens (tertiary/aromatic N) is 2.